The first-order chi connectivity index (χ1) is 13.7. The Morgan fingerprint density at radius 3 is 2.66 bits per heavy atom. The number of carbonyl (C=O) groups is 1. The maximum atomic E-state index is 12.2. The zero-order valence-corrected chi connectivity index (χ0v) is 17.5. The van der Waals surface area contributed by atoms with E-state index in [1.807, 2.05) is 59.3 Å². The van der Waals surface area contributed by atoms with Crippen LogP contribution in [0.1, 0.15) is 52.0 Å². The summed E-state index contributed by atoms with van der Waals surface area (Å²) in [7, 11) is 1.91. The molecule has 0 atom stereocenters. The lowest BCUT2D eigenvalue weighted by Gasteiger charge is -2.19. The molecule has 1 aromatic carbocycles. The molecule has 1 aliphatic heterocycles. The maximum absolute atomic E-state index is 12.2. The molecule has 0 spiro atoms. The molecule has 3 N–H and O–H groups in total. The summed E-state index contributed by atoms with van der Waals surface area (Å²) in [6.07, 6.45) is 3.86. The topological polar surface area (TPSA) is 69.8 Å². The highest BCUT2D eigenvalue weighted by molar-refractivity contribution is 6.02. The van der Waals surface area contributed by atoms with Crippen molar-refractivity contribution in [1.29, 1.82) is 0 Å². The lowest BCUT2D eigenvalue weighted by atomic mass is 9.91. The largest absolute Gasteiger partial charge is 0.391 e. The van der Waals surface area contributed by atoms with Gasteiger partial charge >= 0.3 is 0 Å². The van der Waals surface area contributed by atoms with Crippen molar-refractivity contribution >= 4 is 22.5 Å². The monoisotopic (exact) mass is 390 g/mol. The van der Waals surface area contributed by atoms with Crippen LogP contribution in [0.25, 0.3) is 27.7 Å². The van der Waals surface area contributed by atoms with Crippen LogP contribution in [0.5, 0.6) is 0 Å². The van der Waals surface area contributed by atoms with Gasteiger partial charge in [-0.1, -0.05) is 12.6 Å². The van der Waals surface area contributed by atoms with E-state index >= 15 is 0 Å². The van der Waals surface area contributed by atoms with E-state index in [0.717, 1.165) is 55.7 Å². The van der Waals surface area contributed by atoms with Gasteiger partial charge in [0, 0.05) is 55.6 Å². The molecule has 5 nitrogen and oxygen atoms in total. The lowest BCUT2D eigenvalue weighted by Crippen LogP contribution is -2.32. The number of pyridine rings is 1. The van der Waals surface area contributed by atoms with Crippen molar-refractivity contribution in [3.8, 4) is 11.1 Å². The van der Waals surface area contributed by atoms with Gasteiger partial charge in [0.1, 0.15) is 5.65 Å². The predicted octanol–water partition coefficient (Wildman–Crippen LogP) is 5.23. The number of nitrogens with one attached hydrogen (secondary N) is 3. The van der Waals surface area contributed by atoms with Crippen molar-refractivity contribution in [3.05, 3.63) is 71.2 Å². The van der Waals surface area contributed by atoms with Gasteiger partial charge in [0.25, 0.3) is 5.91 Å². The number of rotatable bonds is 4. The normalized spacial score (nSPS) is 15.7. The predicted molar refractivity (Wildman–Crippen MR) is 123 cm³/mol. The average molecular weight is 391 g/mol. The highest BCUT2D eigenvalue weighted by Gasteiger charge is 2.35. The molecule has 29 heavy (non-hydrogen) atoms. The molecular weight excluding hydrogens is 360 g/mol. The van der Waals surface area contributed by atoms with Gasteiger partial charge in [0.15, 0.2) is 0 Å². The summed E-state index contributed by atoms with van der Waals surface area (Å²) in [5.74, 6) is -0.0155. The number of H-pyrrole nitrogens is 1. The van der Waals surface area contributed by atoms with Crippen LogP contribution < -0.4 is 10.6 Å². The molecule has 2 aromatic heterocycles. The van der Waals surface area contributed by atoms with Crippen LogP contribution in [0.15, 0.2) is 54.5 Å². The van der Waals surface area contributed by atoms with Crippen molar-refractivity contribution in [3.63, 3.8) is 0 Å². The van der Waals surface area contributed by atoms with Crippen LogP contribution in [0.2, 0.25) is 0 Å². The molecular formula is C24H30N4O. The van der Waals surface area contributed by atoms with Gasteiger partial charge < -0.3 is 15.6 Å². The van der Waals surface area contributed by atoms with Crippen molar-refractivity contribution in [2.45, 2.75) is 33.2 Å². The van der Waals surface area contributed by atoms with Crippen molar-refractivity contribution in [2.24, 2.45) is 0 Å². The second kappa shape index (κ2) is 6.62. The number of hydrogen-bond donors (Lipinski definition) is 3. The van der Waals surface area contributed by atoms with Crippen LogP contribution in [-0.2, 0) is 5.54 Å². The summed E-state index contributed by atoms with van der Waals surface area (Å²) >= 11 is 0. The minimum Gasteiger partial charge on any atom is -0.391 e. The third-order valence-electron chi connectivity index (χ3n) is 5.67. The third kappa shape index (κ3) is 3.03. The van der Waals surface area contributed by atoms with E-state index in [4.69, 9.17) is 0 Å². The second-order valence-electron chi connectivity index (χ2n) is 8.19. The Morgan fingerprint density at radius 2 is 1.97 bits per heavy atom. The molecule has 5 heteroatoms. The molecule has 3 heterocycles. The number of amides is 1. The molecule has 0 saturated carbocycles. The van der Waals surface area contributed by atoms with E-state index in [9.17, 15) is 4.79 Å². The van der Waals surface area contributed by atoms with Crippen LogP contribution in [0.4, 0.5) is 0 Å². The van der Waals surface area contributed by atoms with E-state index < -0.39 is 0 Å². The van der Waals surface area contributed by atoms with Crippen LogP contribution in [0, 0.1) is 0 Å². The molecule has 0 fully saturated rings. The molecule has 1 aliphatic rings. The Hall–Kier alpha value is -3.34. The van der Waals surface area contributed by atoms with E-state index in [1.165, 1.54) is 0 Å². The number of benzene rings is 1. The number of hydrogen-bond acceptors (Lipinski definition) is 3. The van der Waals surface area contributed by atoms with Crippen LogP contribution >= 0.6 is 0 Å². The Kier molecular flexibility index (Phi) is 4.34. The first-order valence-corrected chi connectivity index (χ1v) is 9.72. The van der Waals surface area contributed by atoms with Gasteiger partial charge in [-0.3, -0.25) is 4.79 Å². The molecule has 4 rings (SSSR count). The third-order valence-corrected chi connectivity index (χ3v) is 5.67. The molecule has 1 amide bonds. The van der Waals surface area contributed by atoms with Gasteiger partial charge in [-0.15, -0.1) is 0 Å². The molecule has 3 aromatic rings. The zero-order valence-electron chi connectivity index (χ0n) is 17.5. The standard InChI is InChI=1S/C24H26N4O.2H2/c1-13(2)21(14(3)25-6)16-9-18-19(12-27-22(18)26-11-16)15-7-8-17-20(10-15)24(4,5)28-23(17)29;;/h7-12,25H,1H2,2-6H3,(H,26,27)(H,28,29);2*1H/b21-14+;;. The molecule has 0 aliphatic carbocycles. The van der Waals surface area contributed by atoms with Crippen molar-refractivity contribution in [1.82, 2.24) is 20.6 Å². The molecule has 0 unspecified atom stereocenters. The maximum Gasteiger partial charge on any atom is 0.252 e. The quantitative estimate of drug-likeness (QED) is 0.535. The Balaban J connectivity index is 0.00000171. The van der Waals surface area contributed by atoms with Gasteiger partial charge in [0.05, 0.1) is 5.54 Å². The molecule has 152 valence electrons. The van der Waals surface area contributed by atoms with E-state index in [-0.39, 0.29) is 14.3 Å². The summed E-state index contributed by atoms with van der Waals surface area (Å²) < 4.78 is 0. The molecule has 0 bridgehead atoms. The first kappa shape index (κ1) is 19.0. The molecule has 0 saturated heterocycles. The van der Waals surface area contributed by atoms with E-state index in [0.29, 0.717) is 0 Å². The van der Waals surface area contributed by atoms with Crippen LogP contribution in [-0.4, -0.2) is 22.9 Å². The average Bonchev–Trinajstić information content (AvgIpc) is 3.19. The summed E-state index contributed by atoms with van der Waals surface area (Å²) in [6, 6.07) is 8.18. The highest BCUT2D eigenvalue weighted by atomic mass is 16.2. The van der Waals surface area contributed by atoms with E-state index in [2.05, 4.69) is 39.3 Å². The highest BCUT2D eigenvalue weighted by Crippen LogP contribution is 2.37. The Labute approximate surface area is 173 Å². The fourth-order valence-electron chi connectivity index (χ4n) is 4.13. The van der Waals surface area contributed by atoms with Crippen molar-refractivity contribution in [2.75, 3.05) is 7.05 Å². The summed E-state index contributed by atoms with van der Waals surface area (Å²) in [4.78, 5) is 20.1. The number of nitrogens with zero attached hydrogens (tertiary/aromatic N) is 1. The Morgan fingerprint density at radius 1 is 1.21 bits per heavy atom. The van der Waals surface area contributed by atoms with Gasteiger partial charge in [0.2, 0.25) is 0 Å². The minimum absolute atomic E-state index is 0. The fourth-order valence-corrected chi connectivity index (χ4v) is 4.13. The fraction of sp³-hybridized carbons (Fsp3) is 0.250. The number of allylic oxidation sites excluding steroid dienone is 3. The number of aromatic amines is 1. The molecule has 0 radical (unpaired) electrons. The smallest absolute Gasteiger partial charge is 0.252 e. The Bertz CT molecular complexity index is 1210. The van der Waals surface area contributed by atoms with Crippen LogP contribution in [0.3, 0.4) is 0 Å². The number of aromatic nitrogens is 2. The lowest BCUT2D eigenvalue weighted by molar-refractivity contribution is 0.0940. The van der Waals surface area contributed by atoms with Gasteiger partial charge in [-0.2, -0.15) is 0 Å². The van der Waals surface area contributed by atoms with Crippen molar-refractivity contribution < 1.29 is 7.65 Å². The summed E-state index contributed by atoms with van der Waals surface area (Å²) in [5, 5.41) is 7.30. The summed E-state index contributed by atoms with van der Waals surface area (Å²) in [6.45, 7) is 12.2. The summed E-state index contributed by atoms with van der Waals surface area (Å²) in [5.41, 5.74) is 8.48. The van der Waals surface area contributed by atoms with E-state index in [1.54, 1.807) is 0 Å². The van der Waals surface area contributed by atoms with Gasteiger partial charge in [-0.25, -0.2) is 4.98 Å². The zero-order chi connectivity index (χ0) is 20.9. The number of carbonyl (C=O) groups excluding carboxylic acids is 1. The minimum atomic E-state index is -0.377. The second-order valence-corrected chi connectivity index (χ2v) is 8.19. The SMILES string of the molecule is C=C(C)/C(=C(/C)NC)c1cnc2[nH]cc(-c3ccc4c(c3)C(C)(C)NC4=O)c2c1.[HH].[HH]. The number of fused-ring (bicyclic) bond motifs is 2. The van der Waals surface area contributed by atoms with Gasteiger partial charge in [-0.05, 0) is 62.6 Å². The first-order valence-electron chi connectivity index (χ1n) is 9.72.